The fourth-order valence-electron chi connectivity index (χ4n) is 4.44. The lowest BCUT2D eigenvalue weighted by molar-refractivity contribution is 0.0178. The van der Waals surface area contributed by atoms with Gasteiger partial charge in [-0.25, -0.2) is 4.79 Å². The minimum Gasteiger partial charge on any atom is -0.497 e. The molecule has 1 fully saturated rings. The van der Waals surface area contributed by atoms with Crippen LogP contribution in [0.15, 0.2) is 72.9 Å². The molecular weight excluding hydrogens is 428 g/mol. The zero-order valence-corrected chi connectivity index (χ0v) is 19.2. The maximum atomic E-state index is 12.9. The summed E-state index contributed by atoms with van der Waals surface area (Å²) in [6.07, 6.45) is 3.38. The highest BCUT2D eigenvalue weighted by atomic mass is 16.5. The largest absolute Gasteiger partial charge is 0.497 e. The fourth-order valence-corrected chi connectivity index (χ4v) is 4.44. The van der Waals surface area contributed by atoms with E-state index in [1.54, 1.807) is 7.11 Å². The Labute approximate surface area is 198 Å². The second-order valence-electron chi connectivity index (χ2n) is 8.61. The Kier molecular flexibility index (Phi) is 6.53. The number of fused-ring (bicyclic) bond motifs is 1. The van der Waals surface area contributed by atoms with Crippen LogP contribution in [0, 0.1) is 0 Å². The highest BCUT2D eigenvalue weighted by molar-refractivity contribution is 5.95. The van der Waals surface area contributed by atoms with Crippen LogP contribution in [0.1, 0.15) is 34.0 Å². The van der Waals surface area contributed by atoms with Crippen molar-refractivity contribution in [1.82, 2.24) is 20.3 Å². The number of hydrogen-bond acceptors (Lipinski definition) is 6. The van der Waals surface area contributed by atoms with E-state index in [9.17, 15) is 4.79 Å². The summed E-state index contributed by atoms with van der Waals surface area (Å²) in [5.41, 5.74) is 2.64. The summed E-state index contributed by atoms with van der Waals surface area (Å²) in [5.74, 6) is 0.554. The van der Waals surface area contributed by atoms with Crippen LogP contribution in [0.4, 0.5) is 0 Å². The van der Waals surface area contributed by atoms with Crippen molar-refractivity contribution in [2.45, 2.75) is 31.4 Å². The topological polar surface area (TPSA) is 78.3 Å². The Hall–Kier alpha value is -3.71. The van der Waals surface area contributed by atoms with Crippen LogP contribution in [-0.2, 0) is 17.7 Å². The summed E-state index contributed by atoms with van der Waals surface area (Å²) in [4.78, 5) is 12.9. The molecule has 174 valence electrons. The lowest BCUT2D eigenvalue weighted by Gasteiger charge is -2.30. The third-order valence-electron chi connectivity index (χ3n) is 6.39. The molecule has 0 bridgehead atoms. The second kappa shape index (κ2) is 10.1. The summed E-state index contributed by atoms with van der Waals surface area (Å²) < 4.78 is 13.0. The second-order valence-corrected chi connectivity index (χ2v) is 8.61. The monoisotopic (exact) mass is 456 g/mol. The van der Waals surface area contributed by atoms with Gasteiger partial charge in [-0.1, -0.05) is 47.7 Å². The number of rotatable bonds is 7. The van der Waals surface area contributed by atoms with E-state index in [0.29, 0.717) is 12.1 Å². The highest BCUT2D eigenvalue weighted by Crippen LogP contribution is 2.27. The minimum absolute atomic E-state index is 0.0143. The van der Waals surface area contributed by atoms with Crippen molar-refractivity contribution in [2.24, 2.45) is 0 Å². The number of esters is 1. The molecule has 0 radical (unpaired) electrons. The van der Waals surface area contributed by atoms with E-state index in [0.717, 1.165) is 48.1 Å². The fraction of sp³-hybridized carbons (Fsp3) is 0.296. The molecule has 5 rings (SSSR count). The minimum atomic E-state index is -0.309. The molecule has 1 aromatic heterocycles. The molecule has 3 aromatic carbocycles. The van der Waals surface area contributed by atoms with Gasteiger partial charge in [-0.3, -0.25) is 4.68 Å². The summed E-state index contributed by atoms with van der Waals surface area (Å²) in [5, 5.41) is 14.2. The van der Waals surface area contributed by atoms with Crippen LogP contribution in [0.25, 0.3) is 10.8 Å². The Morgan fingerprint density at radius 3 is 2.74 bits per heavy atom. The molecule has 2 heterocycles. The average molecular weight is 457 g/mol. The maximum absolute atomic E-state index is 12.9. The Bertz CT molecular complexity index is 1270. The normalized spacial score (nSPS) is 18.0. The number of aromatic nitrogens is 3. The molecule has 1 aliphatic heterocycles. The molecule has 0 amide bonds. The van der Waals surface area contributed by atoms with Crippen LogP contribution >= 0.6 is 0 Å². The molecule has 7 nitrogen and oxygen atoms in total. The van der Waals surface area contributed by atoms with Gasteiger partial charge in [-0.05, 0) is 60.0 Å². The van der Waals surface area contributed by atoms with E-state index in [2.05, 4.69) is 27.8 Å². The number of nitrogens with zero attached hydrogens (tertiary/aromatic N) is 3. The number of methoxy groups -OCH3 is 1. The van der Waals surface area contributed by atoms with Crippen LogP contribution in [-0.4, -0.2) is 47.3 Å². The SMILES string of the molecule is COc1ccc(CCn2cc([C@H]3CCNC[C@@H]3OC(=O)c3ccc4ccccc4c3)nn2)cc1. The Balaban J connectivity index is 1.25. The van der Waals surface area contributed by atoms with E-state index >= 15 is 0 Å². The van der Waals surface area contributed by atoms with Crippen molar-refractivity contribution in [3.05, 3.63) is 89.7 Å². The lowest BCUT2D eigenvalue weighted by Crippen LogP contribution is -2.42. The molecule has 0 spiro atoms. The van der Waals surface area contributed by atoms with Crippen molar-refractivity contribution in [3.8, 4) is 5.75 Å². The first-order chi connectivity index (χ1) is 16.7. The van der Waals surface area contributed by atoms with Gasteiger partial charge in [-0.15, -0.1) is 5.10 Å². The zero-order chi connectivity index (χ0) is 23.3. The summed E-state index contributed by atoms with van der Waals surface area (Å²) >= 11 is 0. The van der Waals surface area contributed by atoms with Gasteiger partial charge in [0.05, 0.1) is 18.4 Å². The van der Waals surface area contributed by atoms with E-state index < -0.39 is 0 Å². The van der Waals surface area contributed by atoms with Crippen LogP contribution in [0.2, 0.25) is 0 Å². The molecule has 0 saturated carbocycles. The maximum Gasteiger partial charge on any atom is 0.338 e. The number of carbonyl (C=O) groups excluding carboxylic acids is 1. The molecule has 1 N–H and O–H groups in total. The van der Waals surface area contributed by atoms with E-state index in [1.807, 2.05) is 65.5 Å². The van der Waals surface area contributed by atoms with Gasteiger partial charge >= 0.3 is 5.97 Å². The van der Waals surface area contributed by atoms with Gasteiger partial charge in [0, 0.05) is 25.2 Å². The zero-order valence-electron chi connectivity index (χ0n) is 19.2. The first-order valence-electron chi connectivity index (χ1n) is 11.6. The van der Waals surface area contributed by atoms with Gasteiger partial charge < -0.3 is 14.8 Å². The predicted molar refractivity (Wildman–Crippen MR) is 130 cm³/mol. The average Bonchev–Trinajstić information content (AvgIpc) is 3.36. The van der Waals surface area contributed by atoms with E-state index in [-0.39, 0.29) is 18.0 Å². The summed E-state index contributed by atoms with van der Waals surface area (Å²) in [6.45, 7) is 2.18. The van der Waals surface area contributed by atoms with Crippen molar-refractivity contribution >= 4 is 16.7 Å². The van der Waals surface area contributed by atoms with Crippen molar-refractivity contribution in [1.29, 1.82) is 0 Å². The van der Waals surface area contributed by atoms with Crippen molar-refractivity contribution < 1.29 is 14.3 Å². The third-order valence-corrected chi connectivity index (χ3v) is 6.39. The molecule has 2 atom stereocenters. The number of nitrogens with one attached hydrogen (secondary N) is 1. The first kappa shape index (κ1) is 22.1. The predicted octanol–water partition coefficient (Wildman–Crippen LogP) is 3.99. The summed E-state index contributed by atoms with van der Waals surface area (Å²) in [7, 11) is 1.67. The number of ether oxygens (including phenoxy) is 2. The van der Waals surface area contributed by atoms with Crippen molar-refractivity contribution in [2.75, 3.05) is 20.2 Å². The Morgan fingerprint density at radius 2 is 1.91 bits per heavy atom. The lowest BCUT2D eigenvalue weighted by atomic mass is 9.92. The molecule has 7 heteroatoms. The van der Waals surface area contributed by atoms with E-state index in [4.69, 9.17) is 9.47 Å². The number of aryl methyl sites for hydroxylation is 2. The number of hydrogen-bond donors (Lipinski definition) is 1. The smallest absolute Gasteiger partial charge is 0.338 e. The molecule has 0 unspecified atom stereocenters. The number of carbonyl (C=O) groups is 1. The number of benzene rings is 3. The van der Waals surface area contributed by atoms with Crippen LogP contribution in [0.5, 0.6) is 5.75 Å². The molecule has 4 aromatic rings. The molecular formula is C27H28N4O3. The van der Waals surface area contributed by atoms with Crippen molar-refractivity contribution in [3.63, 3.8) is 0 Å². The molecule has 1 saturated heterocycles. The molecule has 1 aliphatic rings. The molecule has 34 heavy (non-hydrogen) atoms. The quantitative estimate of drug-likeness (QED) is 0.424. The van der Waals surface area contributed by atoms with Gasteiger partial charge in [0.25, 0.3) is 0 Å². The molecule has 0 aliphatic carbocycles. The standard InChI is InChI=1S/C27H28N4O3/c1-33-23-10-6-19(7-11-23)13-15-31-18-25(29-30-31)24-12-14-28-17-26(24)34-27(32)22-9-8-20-4-2-3-5-21(20)16-22/h2-11,16,18,24,26,28H,12-15,17H2,1H3/t24-,26+/m1/s1. The van der Waals surface area contributed by atoms with E-state index in [1.165, 1.54) is 5.56 Å². The number of piperidine rings is 1. The third kappa shape index (κ3) is 4.94. The van der Waals surface area contributed by atoms with Gasteiger partial charge in [-0.2, -0.15) is 0 Å². The Morgan fingerprint density at radius 1 is 1.09 bits per heavy atom. The van der Waals surface area contributed by atoms with Gasteiger partial charge in [0.1, 0.15) is 11.9 Å². The summed E-state index contributed by atoms with van der Waals surface area (Å²) in [6, 6.07) is 21.7. The highest BCUT2D eigenvalue weighted by Gasteiger charge is 2.32. The van der Waals surface area contributed by atoms with Gasteiger partial charge in [0.2, 0.25) is 0 Å². The van der Waals surface area contributed by atoms with Crippen LogP contribution in [0.3, 0.4) is 0 Å². The van der Waals surface area contributed by atoms with Gasteiger partial charge in [0.15, 0.2) is 0 Å². The first-order valence-corrected chi connectivity index (χ1v) is 11.6. The van der Waals surface area contributed by atoms with Crippen LogP contribution < -0.4 is 10.1 Å².